The van der Waals surface area contributed by atoms with Crippen LogP contribution in [-0.2, 0) is 4.74 Å². The lowest BCUT2D eigenvalue weighted by molar-refractivity contribution is 0.0524. The van der Waals surface area contributed by atoms with Crippen molar-refractivity contribution in [2.24, 2.45) is 0 Å². The number of carbonyl (C=O) groups excluding carboxylic acids is 1. The van der Waals surface area contributed by atoms with Gasteiger partial charge in [-0.05, 0) is 38.0 Å². The van der Waals surface area contributed by atoms with Crippen molar-refractivity contribution in [3.63, 3.8) is 0 Å². The van der Waals surface area contributed by atoms with Crippen LogP contribution in [0.4, 0.5) is 0 Å². The molecule has 1 heterocycles. The standard InChI is InChI=1S/C16H15ClN2O4/c1-2-23-16(22)11-8-18-19(14(11)9-3-4-9)13-7-10(15(20)21)5-6-12(13)17/h5-9H,2-4H2,1H3,(H,20,21). The van der Waals surface area contributed by atoms with E-state index in [0.29, 0.717) is 16.3 Å². The van der Waals surface area contributed by atoms with Crippen molar-refractivity contribution in [1.82, 2.24) is 9.78 Å². The van der Waals surface area contributed by atoms with E-state index >= 15 is 0 Å². The van der Waals surface area contributed by atoms with Crippen LogP contribution in [0.1, 0.15) is 52.1 Å². The molecule has 6 nitrogen and oxygen atoms in total. The Kier molecular flexibility index (Phi) is 4.09. The fourth-order valence-electron chi connectivity index (χ4n) is 2.47. The molecule has 1 saturated carbocycles. The molecule has 1 fully saturated rings. The number of benzene rings is 1. The molecule has 7 heteroatoms. The van der Waals surface area contributed by atoms with Crippen molar-refractivity contribution < 1.29 is 19.4 Å². The van der Waals surface area contributed by atoms with Crippen molar-refractivity contribution in [3.8, 4) is 5.69 Å². The molecule has 120 valence electrons. The van der Waals surface area contributed by atoms with Crippen LogP contribution in [0.5, 0.6) is 0 Å². The van der Waals surface area contributed by atoms with E-state index < -0.39 is 11.9 Å². The predicted octanol–water partition coefficient (Wildman–Crippen LogP) is 3.28. The summed E-state index contributed by atoms with van der Waals surface area (Å²) >= 11 is 6.21. The Morgan fingerprint density at radius 3 is 2.78 bits per heavy atom. The molecule has 1 aliphatic rings. The Morgan fingerprint density at radius 1 is 1.43 bits per heavy atom. The summed E-state index contributed by atoms with van der Waals surface area (Å²) in [5.41, 5.74) is 1.70. The van der Waals surface area contributed by atoms with E-state index in [2.05, 4.69) is 5.10 Å². The Balaban J connectivity index is 2.12. The normalized spacial score (nSPS) is 13.8. The molecule has 2 aromatic rings. The smallest absolute Gasteiger partial charge is 0.341 e. The molecule has 1 aromatic heterocycles. The van der Waals surface area contributed by atoms with Gasteiger partial charge in [0, 0.05) is 5.92 Å². The van der Waals surface area contributed by atoms with E-state index in [4.69, 9.17) is 21.4 Å². The minimum atomic E-state index is -1.05. The number of rotatable bonds is 5. The Morgan fingerprint density at radius 2 is 2.17 bits per heavy atom. The first-order chi connectivity index (χ1) is 11.0. The van der Waals surface area contributed by atoms with Crippen LogP contribution in [0.3, 0.4) is 0 Å². The predicted molar refractivity (Wildman–Crippen MR) is 83.5 cm³/mol. The van der Waals surface area contributed by atoms with Crippen molar-refractivity contribution in [1.29, 1.82) is 0 Å². The molecule has 1 aromatic carbocycles. The number of aromatic carboxylic acids is 1. The zero-order chi connectivity index (χ0) is 16.6. The van der Waals surface area contributed by atoms with Gasteiger partial charge < -0.3 is 9.84 Å². The second-order valence-corrected chi connectivity index (χ2v) is 5.73. The highest BCUT2D eigenvalue weighted by molar-refractivity contribution is 6.32. The zero-order valence-electron chi connectivity index (χ0n) is 12.5. The van der Waals surface area contributed by atoms with E-state index in [1.54, 1.807) is 11.6 Å². The highest BCUT2D eigenvalue weighted by atomic mass is 35.5. The average Bonchev–Trinajstić information content (AvgIpc) is 3.26. The van der Waals surface area contributed by atoms with Crippen LogP contribution in [0.2, 0.25) is 5.02 Å². The van der Waals surface area contributed by atoms with Gasteiger partial charge in [0.2, 0.25) is 0 Å². The Bertz CT molecular complexity index is 780. The summed E-state index contributed by atoms with van der Waals surface area (Å²) in [4.78, 5) is 23.3. The lowest BCUT2D eigenvalue weighted by atomic mass is 10.1. The summed E-state index contributed by atoms with van der Waals surface area (Å²) in [7, 11) is 0. The number of halogens is 1. The van der Waals surface area contributed by atoms with Gasteiger partial charge >= 0.3 is 11.9 Å². The van der Waals surface area contributed by atoms with Gasteiger partial charge in [0.15, 0.2) is 0 Å². The number of hydrogen-bond acceptors (Lipinski definition) is 4. The lowest BCUT2D eigenvalue weighted by Crippen LogP contribution is -2.10. The fourth-order valence-corrected chi connectivity index (χ4v) is 2.67. The molecule has 0 aliphatic heterocycles. The summed E-state index contributed by atoms with van der Waals surface area (Å²) in [6.45, 7) is 2.02. The van der Waals surface area contributed by atoms with Crippen LogP contribution in [0, 0.1) is 0 Å². The van der Waals surface area contributed by atoms with E-state index in [-0.39, 0.29) is 18.1 Å². The summed E-state index contributed by atoms with van der Waals surface area (Å²) < 4.78 is 6.62. The van der Waals surface area contributed by atoms with Crippen LogP contribution >= 0.6 is 11.6 Å². The first-order valence-electron chi connectivity index (χ1n) is 7.31. The summed E-state index contributed by atoms with van der Waals surface area (Å²) in [5.74, 6) is -1.26. The molecule has 0 bridgehead atoms. The first kappa shape index (κ1) is 15.6. The number of carboxylic acid groups (broad SMARTS) is 1. The third-order valence-corrected chi connectivity index (χ3v) is 4.01. The van der Waals surface area contributed by atoms with Crippen LogP contribution in [-0.4, -0.2) is 33.4 Å². The number of ether oxygens (including phenoxy) is 1. The van der Waals surface area contributed by atoms with Gasteiger partial charge in [-0.3, -0.25) is 0 Å². The molecule has 1 N–H and O–H groups in total. The molecule has 0 saturated heterocycles. The maximum Gasteiger partial charge on any atom is 0.341 e. The summed E-state index contributed by atoms with van der Waals surface area (Å²) in [6, 6.07) is 4.40. The third kappa shape index (κ3) is 2.94. The molecule has 0 radical (unpaired) electrons. The number of nitrogens with zero attached hydrogens (tertiary/aromatic N) is 2. The van der Waals surface area contributed by atoms with Crippen molar-refractivity contribution in [3.05, 3.63) is 46.2 Å². The maximum absolute atomic E-state index is 12.1. The van der Waals surface area contributed by atoms with Gasteiger partial charge in [-0.1, -0.05) is 11.6 Å². The fraction of sp³-hybridized carbons (Fsp3) is 0.312. The Hall–Kier alpha value is -2.34. The minimum Gasteiger partial charge on any atom is -0.478 e. The van der Waals surface area contributed by atoms with Gasteiger partial charge in [-0.2, -0.15) is 5.10 Å². The van der Waals surface area contributed by atoms with Crippen molar-refractivity contribution >= 4 is 23.5 Å². The molecule has 3 rings (SSSR count). The van der Waals surface area contributed by atoms with E-state index in [1.165, 1.54) is 24.4 Å². The van der Waals surface area contributed by atoms with E-state index in [0.717, 1.165) is 18.5 Å². The average molecular weight is 335 g/mol. The monoisotopic (exact) mass is 334 g/mol. The number of carbonyl (C=O) groups is 2. The number of hydrogen-bond donors (Lipinski definition) is 1. The van der Waals surface area contributed by atoms with Crippen molar-refractivity contribution in [2.75, 3.05) is 6.61 Å². The largest absolute Gasteiger partial charge is 0.478 e. The topological polar surface area (TPSA) is 81.4 Å². The molecule has 0 spiro atoms. The van der Waals surface area contributed by atoms with Crippen LogP contribution < -0.4 is 0 Å². The second kappa shape index (κ2) is 6.04. The summed E-state index contributed by atoms with van der Waals surface area (Å²) in [5, 5.41) is 13.8. The zero-order valence-corrected chi connectivity index (χ0v) is 13.2. The van der Waals surface area contributed by atoms with Crippen LogP contribution in [0.15, 0.2) is 24.4 Å². The first-order valence-corrected chi connectivity index (χ1v) is 7.69. The minimum absolute atomic E-state index is 0.110. The Labute approximate surface area is 137 Å². The second-order valence-electron chi connectivity index (χ2n) is 5.32. The molecule has 0 amide bonds. The van der Waals surface area contributed by atoms with Gasteiger partial charge in [0.1, 0.15) is 5.56 Å². The SMILES string of the molecule is CCOC(=O)c1cnn(-c2cc(C(=O)O)ccc2Cl)c1C1CC1. The molecular weight excluding hydrogens is 320 g/mol. The van der Waals surface area contributed by atoms with Crippen molar-refractivity contribution in [2.45, 2.75) is 25.7 Å². The van der Waals surface area contributed by atoms with E-state index in [9.17, 15) is 9.59 Å². The summed E-state index contributed by atoms with van der Waals surface area (Å²) in [6.07, 6.45) is 3.36. The van der Waals surface area contributed by atoms with E-state index in [1.807, 2.05) is 0 Å². The number of aromatic nitrogens is 2. The molecule has 1 aliphatic carbocycles. The molecule has 0 atom stereocenters. The molecule has 0 unspecified atom stereocenters. The highest BCUT2D eigenvalue weighted by Gasteiger charge is 2.34. The molecule has 23 heavy (non-hydrogen) atoms. The van der Waals surface area contributed by atoms with Gasteiger partial charge in [-0.25, -0.2) is 14.3 Å². The lowest BCUT2D eigenvalue weighted by Gasteiger charge is -2.11. The molecular formula is C16H15ClN2O4. The quantitative estimate of drug-likeness (QED) is 0.848. The van der Waals surface area contributed by atoms with Gasteiger partial charge in [-0.15, -0.1) is 0 Å². The number of carboxylic acids is 1. The maximum atomic E-state index is 12.1. The highest BCUT2D eigenvalue weighted by Crippen LogP contribution is 2.43. The van der Waals surface area contributed by atoms with Crippen LogP contribution in [0.25, 0.3) is 5.69 Å². The van der Waals surface area contributed by atoms with Gasteiger partial charge in [0.05, 0.1) is 34.8 Å². The third-order valence-electron chi connectivity index (χ3n) is 3.69. The number of esters is 1. The van der Waals surface area contributed by atoms with Gasteiger partial charge in [0.25, 0.3) is 0 Å².